The second-order valence-corrected chi connectivity index (χ2v) is 9.13. The zero-order valence-electron chi connectivity index (χ0n) is 16.9. The molecule has 0 aliphatic carbocycles. The van der Waals surface area contributed by atoms with E-state index >= 15 is 0 Å². The number of amides is 1. The van der Waals surface area contributed by atoms with Crippen molar-refractivity contribution in [3.8, 4) is 5.82 Å². The monoisotopic (exact) mass is 469 g/mol. The summed E-state index contributed by atoms with van der Waals surface area (Å²) in [6.07, 6.45) is 3.40. The number of pyridine rings is 1. The number of carbonyl (C=O) groups excluding carboxylic acids is 1. The van der Waals surface area contributed by atoms with Gasteiger partial charge in [-0.25, -0.2) is 23.1 Å². The molecule has 164 valence electrons. The predicted octanol–water partition coefficient (Wildman–Crippen LogP) is 3.06. The molecule has 0 radical (unpaired) electrons. The molecule has 2 N–H and O–H groups in total. The third kappa shape index (κ3) is 4.96. The van der Waals surface area contributed by atoms with Crippen LogP contribution in [-0.4, -0.2) is 35.4 Å². The summed E-state index contributed by atoms with van der Waals surface area (Å²) in [5.41, 5.74) is 2.67. The third-order valence-electron chi connectivity index (χ3n) is 4.77. The number of benzene rings is 2. The van der Waals surface area contributed by atoms with Crippen molar-refractivity contribution >= 4 is 38.6 Å². The molecule has 10 heteroatoms. The van der Waals surface area contributed by atoms with Gasteiger partial charge < -0.3 is 5.32 Å². The lowest BCUT2D eigenvalue weighted by molar-refractivity contribution is -0.121. The van der Waals surface area contributed by atoms with E-state index in [-0.39, 0.29) is 35.3 Å². The lowest BCUT2D eigenvalue weighted by Crippen LogP contribution is -2.30. The number of hydrogen-bond acceptors (Lipinski definition) is 5. The minimum Gasteiger partial charge on any atom is -0.352 e. The highest BCUT2D eigenvalue weighted by atomic mass is 35.5. The highest BCUT2D eigenvalue weighted by molar-refractivity contribution is 7.89. The first-order chi connectivity index (χ1) is 15.4. The molecular weight excluding hydrogens is 450 g/mol. The fourth-order valence-corrected chi connectivity index (χ4v) is 4.68. The number of hydrogen-bond donors (Lipinski definition) is 2. The quantitative estimate of drug-likeness (QED) is 0.412. The summed E-state index contributed by atoms with van der Waals surface area (Å²) in [7, 11) is -3.78. The van der Waals surface area contributed by atoms with E-state index in [2.05, 4.69) is 20.0 Å². The molecule has 0 aliphatic heterocycles. The Kier molecular flexibility index (Phi) is 6.50. The summed E-state index contributed by atoms with van der Waals surface area (Å²) in [5, 5.41) is 2.89. The number of aromatic nitrogens is 3. The normalized spacial score (nSPS) is 11.5. The molecule has 2 heterocycles. The number of sulfonamides is 1. The van der Waals surface area contributed by atoms with Crippen LogP contribution in [-0.2, 0) is 21.4 Å². The van der Waals surface area contributed by atoms with E-state index in [0.717, 1.165) is 22.4 Å². The number of carbonyl (C=O) groups is 1. The number of nitrogens with one attached hydrogen (secondary N) is 2. The van der Waals surface area contributed by atoms with Crippen LogP contribution in [0.25, 0.3) is 16.9 Å². The summed E-state index contributed by atoms with van der Waals surface area (Å²) in [6.45, 7) is 0.248. The average molecular weight is 470 g/mol. The van der Waals surface area contributed by atoms with Gasteiger partial charge in [0.05, 0.1) is 16.1 Å². The van der Waals surface area contributed by atoms with Crippen molar-refractivity contribution in [2.24, 2.45) is 0 Å². The first-order valence-corrected chi connectivity index (χ1v) is 11.7. The van der Waals surface area contributed by atoms with Crippen LogP contribution < -0.4 is 10.0 Å². The van der Waals surface area contributed by atoms with Crippen molar-refractivity contribution in [2.75, 3.05) is 6.54 Å². The van der Waals surface area contributed by atoms with Gasteiger partial charge in [-0.3, -0.25) is 9.36 Å². The molecule has 1 amide bonds. The molecular formula is C22H20ClN5O3S. The maximum Gasteiger partial charge on any atom is 0.242 e. The van der Waals surface area contributed by atoms with Crippen molar-refractivity contribution in [3.63, 3.8) is 0 Å². The van der Waals surface area contributed by atoms with Gasteiger partial charge in [-0.05, 0) is 35.9 Å². The van der Waals surface area contributed by atoms with Crippen molar-refractivity contribution in [1.82, 2.24) is 24.6 Å². The van der Waals surface area contributed by atoms with Crippen LogP contribution in [0.2, 0.25) is 5.02 Å². The SMILES string of the molecule is O=C(CCNS(=O)(=O)c1ccccc1Cl)NCc1ccc(-n2cnc3ccccc32)nc1. The van der Waals surface area contributed by atoms with Crippen LogP contribution >= 0.6 is 11.6 Å². The van der Waals surface area contributed by atoms with Gasteiger partial charge in [0.1, 0.15) is 17.0 Å². The van der Waals surface area contributed by atoms with Gasteiger partial charge in [-0.2, -0.15) is 0 Å². The van der Waals surface area contributed by atoms with Gasteiger partial charge in [-0.15, -0.1) is 0 Å². The van der Waals surface area contributed by atoms with Gasteiger partial charge >= 0.3 is 0 Å². The first-order valence-electron chi connectivity index (χ1n) is 9.82. The Morgan fingerprint density at radius 2 is 1.78 bits per heavy atom. The first kappa shape index (κ1) is 21.9. The van der Waals surface area contributed by atoms with E-state index in [0.29, 0.717) is 0 Å². The van der Waals surface area contributed by atoms with Gasteiger partial charge in [0.25, 0.3) is 0 Å². The number of halogens is 1. The molecule has 4 rings (SSSR count). The van der Waals surface area contributed by atoms with Gasteiger partial charge in [-0.1, -0.05) is 41.9 Å². The number of nitrogens with zero attached hydrogens (tertiary/aromatic N) is 3. The topological polar surface area (TPSA) is 106 Å². The van der Waals surface area contributed by atoms with Crippen molar-refractivity contribution in [2.45, 2.75) is 17.9 Å². The smallest absolute Gasteiger partial charge is 0.242 e. The predicted molar refractivity (Wildman–Crippen MR) is 122 cm³/mol. The Balaban J connectivity index is 1.28. The van der Waals surface area contributed by atoms with E-state index < -0.39 is 10.0 Å². The van der Waals surface area contributed by atoms with Gasteiger partial charge in [0, 0.05) is 25.7 Å². The van der Waals surface area contributed by atoms with E-state index in [1.54, 1.807) is 24.7 Å². The fraction of sp³-hybridized carbons (Fsp3) is 0.136. The number of fused-ring (bicyclic) bond motifs is 1. The molecule has 2 aromatic heterocycles. The Labute approximate surface area is 190 Å². The second kappa shape index (κ2) is 9.47. The molecule has 0 unspecified atom stereocenters. The van der Waals surface area contributed by atoms with Crippen molar-refractivity contribution in [3.05, 3.63) is 83.8 Å². The molecule has 0 spiro atoms. The molecule has 32 heavy (non-hydrogen) atoms. The molecule has 0 bridgehead atoms. The number of imidazole rings is 1. The fourth-order valence-electron chi connectivity index (χ4n) is 3.13. The van der Waals surface area contributed by atoms with Crippen LogP contribution in [0.1, 0.15) is 12.0 Å². The molecule has 0 saturated heterocycles. The summed E-state index contributed by atoms with van der Waals surface area (Å²) in [5.74, 6) is 0.444. The molecule has 8 nitrogen and oxygen atoms in total. The van der Waals surface area contributed by atoms with Crippen LogP contribution in [0.4, 0.5) is 0 Å². The summed E-state index contributed by atoms with van der Waals surface area (Å²) >= 11 is 5.93. The maximum atomic E-state index is 12.3. The van der Waals surface area contributed by atoms with Gasteiger partial charge in [0.15, 0.2) is 0 Å². The van der Waals surface area contributed by atoms with Crippen LogP contribution in [0.3, 0.4) is 0 Å². The lowest BCUT2D eigenvalue weighted by atomic mass is 10.2. The maximum absolute atomic E-state index is 12.3. The second-order valence-electron chi connectivity index (χ2n) is 6.98. The van der Waals surface area contributed by atoms with Crippen LogP contribution in [0.5, 0.6) is 0 Å². The van der Waals surface area contributed by atoms with Gasteiger partial charge in [0.2, 0.25) is 15.9 Å². The Bertz CT molecular complexity index is 1350. The van der Waals surface area contributed by atoms with Crippen LogP contribution in [0, 0.1) is 0 Å². The Hall–Kier alpha value is -3.27. The van der Waals surface area contributed by atoms with E-state index in [1.807, 2.05) is 41.0 Å². The largest absolute Gasteiger partial charge is 0.352 e. The summed E-state index contributed by atoms with van der Waals surface area (Å²) < 4.78 is 28.8. The highest BCUT2D eigenvalue weighted by Gasteiger charge is 2.17. The zero-order valence-corrected chi connectivity index (χ0v) is 18.5. The molecule has 2 aromatic carbocycles. The molecule has 4 aromatic rings. The molecule has 0 saturated carbocycles. The Morgan fingerprint density at radius 3 is 2.56 bits per heavy atom. The van der Waals surface area contributed by atoms with E-state index in [9.17, 15) is 13.2 Å². The van der Waals surface area contributed by atoms with Crippen molar-refractivity contribution < 1.29 is 13.2 Å². The van der Waals surface area contributed by atoms with Crippen molar-refractivity contribution in [1.29, 1.82) is 0 Å². The summed E-state index contributed by atoms with van der Waals surface area (Å²) in [4.78, 5) is 20.9. The van der Waals surface area contributed by atoms with E-state index in [1.165, 1.54) is 12.1 Å². The molecule has 0 fully saturated rings. The average Bonchev–Trinajstić information content (AvgIpc) is 3.22. The van der Waals surface area contributed by atoms with Crippen LogP contribution in [0.15, 0.2) is 78.1 Å². The minimum absolute atomic E-state index is 0.00375. The Morgan fingerprint density at radius 1 is 1.00 bits per heavy atom. The number of rotatable bonds is 8. The minimum atomic E-state index is -3.78. The lowest BCUT2D eigenvalue weighted by Gasteiger charge is -2.09. The standard InChI is InChI=1S/C22H20ClN5O3S/c23-17-5-1-4-8-20(17)32(30,31)27-12-11-22(29)25-14-16-9-10-21(24-13-16)28-15-26-18-6-2-3-7-19(18)28/h1-10,13,15,27H,11-12,14H2,(H,25,29). The molecule has 0 aliphatic rings. The molecule has 0 atom stereocenters. The zero-order chi connectivity index (χ0) is 22.6. The third-order valence-corrected chi connectivity index (χ3v) is 6.73. The van der Waals surface area contributed by atoms with E-state index in [4.69, 9.17) is 11.6 Å². The summed E-state index contributed by atoms with van der Waals surface area (Å²) in [6, 6.07) is 17.6. The highest BCUT2D eigenvalue weighted by Crippen LogP contribution is 2.20. The number of para-hydroxylation sites is 2.